The normalized spacial score (nSPS) is 34.1. The molecule has 4 aliphatic carbocycles. The van der Waals surface area contributed by atoms with Crippen molar-refractivity contribution in [3.63, 3.8) is 0 Å². The van der Waals surface area contributed by atoms with Crippen LogP contribution in [0.2, 0.25) is 0 Å². The minimum atomic E-state index is -0.755. The summed E-state index contributed by atoms with van der Waals surface area (Å²) in [7, 11) is 3.66. The van der Waals surface area contributed by atoms with Gasteiger partial charge in [0.25, 0.3) is 0 Å². The maximum atomic E-state index is 13.1. The molecule has 10 nitrogen and oxygen atoms in total. The van der Waals surface area contributed by atoms with Gasteiger partial charge in [0, 0.05) is 32.8 Å². The zero-order chi connectivity index (χ0) is 32.8. The van der Waals surface area contributed by atoms with Crippen LogP contribution in [-0.2, 0) is 23.7 Å². The van der Waals surface area contributed by atoms with Crippen molar-refractivity contribution in [3.8, 4) is 0 Å². The van der Waals surface area contributed by atoms with Crippen molar-refractivity contribution in [1.82, 2.24) is 9.55 Å². The average Bonchev–Trinajstić information content (AvgIpc) is 3.49. The van der Waals surface area contributed by atoms with E-state index in [1.165, 1.54) is 43.1 Å². The van der Waals surface area contributed by atoms with E-state index in [4.69, 9.17) is 18.9 Å². The van der Waals surface area contributed by atoms with Crippen molar-refractivity contribution in [2.45, 2.75) is 158 Å². The molecule has 47 heavy (non-hydrogen) atoms. The Balaban J connectivity index is 1.17. The Bertz CT molecular complexity index is 1170. The molecule has 1 amide bonds. The lowest BCUT2D eigenvalue weighted by molar-refractivity contribution is -0.211. The topological polar surface area (TPSA) is 121 Å². The third kappa shape index (κ3) is 7.98. The standard InChI is InChI=1S/C37H59N3O7/c1-44-29-17-13-27(14-18-29)37(26-11-7-4-8-12-26,28-15-19-30(45-2)20-16-28)46-24-32-31(41)23-34(47-32)40-22-21-33(39-36(40)43)38-35(42)25-9-5-3-6-10-25/h21-22,25-32,34,41H,3-20,23-24H2,1-2H3,(H,38,39,42,43). The molecule has 3 atom stereocenters. The largest absolute Gasteiger partial charge is 0.390 e. The number of nitrogens with zero attached hydrogens (tertiary/aromatic N) is 2. The van der Waals surface area contributed by atoms with Gasteiger partial charge in [0.05, 0.1) is 30.5 Å². The van der Waals surface area contributed by atoms with Gasteiger partial charge in [-0.3, -0.25) is 9.36 Å². The highest BCUT2D eigenvalue weighted by Gasteiger charge is 2.54. The number of anilines is 1. The number of carbonyl (C=O) groups excluding carboxylic acids is 1. The summed E-state index contributed by atoms with van der Waals surface area (Å²) >= 11 is 0. The first-order valence-electron chi connectivity index (χ1n) is 18.8. The maximum absolute atomic E-state index is 13.1. The predicted octanol–water partition coefficient (Wildman–Crippen LogP) is 6.16. The van der Waals surface area contributed by atoms with Gasteiger partial charge in [-0.05, 0) is 101 Å². The molecule has 0 spiro atoms. The molecule has 6 rings (SSSR count). The van der Waals surface area contributed by atoms with Crippen molar-refractivity contribution >= 4 is 11.7 Å². The van der Waals surface area contributed by atoms with Gasteiger partial charge < -0.3 is 29.4 Å². The van der Waals surface area contributed by atoms with E-state index in [2.05, 4.69) is 10.3 Å². The van der Waals surface area contributed by atoms with E-state index in [1.807, 2.05) is 14.2 Å². The minimum Gasteiger partial charge on any atom is -0.390 e. The van der Waals surface area contributed by atoms with E-state index < -0.39 is 24.1 Å². The summed E-state index contributed by atoms with van der Waals surface area (Å²) in [6, 6.07) is 1.66. The van der Waals surface area contributed by atoms with Crippen LogP contribution < -0.4 is 11.0 Å². The molecule has 0 radical (unpaired) electrons. The number of aliphatic hydroxyl groups is 1. The lowest BCUT2D eigenvalue weighted by atomic mass is 9.58. The fraction of sp³-hybridized carbons (Fsp3) is 0.865. The molecular weight excluding hydrogens is 598 g/mol. The van der Waals surface area contributed by atoms with Crippen molar-refractivity contribution in [2.75, 3.05) is 26.1 Å². The van der Waals surface area contributed by atoms with Gasteiger partial charge in [0.15, 0.2) is 0 Å². The van der Waals surface area contributed by atoms with Gasteiger partial charge >= 0.3 is 5.69 Å². The summed E-state index contributed by atoms with van der Waals surface area (Å²) < 4.78 is 26.8. The Morgan fingerprint density at radius 3 is 1.98 bits per heavy atom. The predicted molar refractivity (Wildman–Crippen MR) is 179 cm³/mol. The smallest absolute Gasteiger partial charge is 0.351 e. The number of aliphatic hydroxyl groups excluding tert-OH is 1. The molecule has 5 aliphatic rings. The number of amides is 1. The van der Waals surface area contributed by atoms with Crippen LogP contribution in [0.4, 0.5) is 5.82 Å². The zero-order valence-corrected chi connectivity index (χ0v) is 28.8. The molecule has 3 unspecified atom stereocenters. The van der Waals surface area contributed by atoms with Crippen LogP contribution in [0.3, 0.4) is 0 Å². The third-order valence-corrected chi connectivity index (χ3v) is 12.6. The first kappa shape index (κ1) is 35.0. The molecule has 10 heteroatoms. The van der Waals surface area contributed by atoms with Crippen molar-refractivity contribution in [3.05, 3.63) is 22.7 Å². The highest BCUT2D eigenvalue weighted by atomic mass is 16.6. The number of hydrogen-bond acceptors (Lipinski definition) is 8. The number of nitrogens with one attached hydrogen (secondary N) is 1. The second kappa shape index (κ2) is 16.2. The summed E-state index contributed by atoms with van der Waals surface area (Å²) in [4.78, 5) is 30.0. The molecule has 1 aliphatic heterocycles. The molecule has 264 valence electrons. The first-order chi connectivity index (χ1) is 22.9. The number of carbonyl (C=O) groups is 1. The summed E-state index contributed by atoms with van der Waals surface area (Å²) in [6.07, 6.45) is 20.5. The number of methoxy groups -OCH3 is 2. The molecule has 2 N–H and O–H groups in total. The van der Waals surface area contributed by atoms with Crippen LogP contribution in [0.1, 0.15) is 128 Å². The quantitative estimate of drug-likeness (QED) is 0.291. The van der Waals surface area contributed by atoms with Gasteiger partial charge in [0.2, 0.25) is 5.91 Å². The summed E-state index contributed by atoms with van der Waals surface area (Å²) in [5.41, 5.74) is -0.762. The van der Waals surface area contributed by atoms with Crippen LogP contribution >= 0.6 is 0 Å². The van der Waals surface area contributed by atoms with E-state index in [-0.39, 0.29) is 29.7 Å². The lowest BCUT2D eigenvalue weighted by Crippen LogP contribution is -2.57. The van der Waals surface area contributed by atoms with E-state index >= 15 is 0 Å². The van der Waals surface area contributed by atoms with Crippen LogP contribution in [0.25, 0.3) is 0 Å². The second-order valence-corrected chi connectivity index (χ2v) is 15.2. The molecule has 1 aromatic rings. The monoisotopic (exact) mass is 657 g/mol. The number of hydrogen-bond donors (Lipinski definition) is 2. The second-order valence-electron chi connectivity index (χ2n) is 15.2. The van der Waals surface area contributed by atoms with Crippen LogP contribution in [0, 0.1) is 23.7 Å². The Morgan fingerprint density at radius 2 is 1.43 bits per heavy atom. The van der Waals surface area contributed by atoms with Gasteiger partial charge in [-0.2, -0.15) is 4.98 Å². The molecule has 0 aromatic carbocycles. The van der Waals surface area contributed by atoms with E-state index in [0.717, 1.165) is 77.0 Å². The SMILES string of the molecule is COC1CCC(C(OCC2OC(n3ccc(NC(=O)C4CCCCC4)nc3=O)CC2O)(C2CCCCC2)C2CCC(OC)CC2)CC1. The number of ether oxygens (including phenoxy) is 4. The van der Waals surface area contributed by atoms with Crippen LogP contribution in [-0.4, -0.2) is 71.4 Å². The Morgan fingerprint density at radius 1 is 0.872 bits per heavy atom. The fourth-order valence-corrected chi connectivity index (χ4v) is 9.96. The Hall–Kier alpha value is -1.85. The first-order valence-corrected chi connectivity index (χ1v) is 18.8. The Kier molecular flexibility index (Phi) is 12.1. The summed E-state index contributed by atoms with van der Waals surface area (Å²) in [6.45, 7) is 0.306. The fourth-order valence-electron chi connectivity index (χ4n) is 9.96. The molecule has 4 saturated carbocycles. The summed E-state index contributed by atoms with van der Waals surface area (Å²) in [5, 5.41) is 14.1. The lowest BCUT2D eigenvalue weighted by Gasteiger charge is -2.55. The van der Waals surface area contributed by atoms with Gasteiger partial charge in [-0.15, -0.1) is 0 Å². The van der Waals surface area contributed by atoms with Crippen molar-refractivity contribution in [1.29, 1.82) is 0 Å². The summed E-state index contributed by atoms with van der Waals surface area (Å²) in [5.74, 6) is 1.56. The molecule has 0 bridgehead atoms. The minimum absolute atomic E-state index is 0.0205. The number of rotatable bonds is 11. The molecule has 1 aromatic heterocycles. The molecular formula is C37H59N3O7. The highest BCUT2D eigenvalue weighted by molar-refractivity contribution is 5.91. The van der Waals surface area contributed by atoms with Crippen molar-refractivity contribution in [2.24, 2.45) is 23.7 Å². The maximum Gasteiger partial charge on any atom is 0.351 e. The molecule has 2 heterocycles. The zero-order valence-electron chi connectivity index (χ0n) is 28.8. The average molecular weight is 658 g/mol. The highest BCUT2D eigenvalue weighted by Crippen LogP contribution is 2.53. The van der Waals surface area contributed by atoms with Gasteiger partial charge in [-0.25, -0.2) is 4.79 Å². The van der Waals surface area contributed by atoms with Gasteiger partial charge in [0.1, 0.15) is 18.1 Å². The van der Waals surface area contributed by atoms with Crippen LogP contribution in [0.5, 0.6) is 0 Å². The van der Waals surface area contributed by atoms with Crippen LogP contribution in [0.15, 0.2) is 17.1 Å². The van der Waals surface area contributed by atoms with E-state index in [9.17, 15) is 14.7 Å². The van der Waals surface area contributed by atoms with Gasteiger partial charge in [-0.1, -0.05) is 38.5 Å². The third-order valence-electron chi connectivity index (χ3n) is 12.6. The van der Waals surface area contributed by atoms with Crippen molar-refractivity contribution < 1.29 is 28.8 Å². The van der Waals surface area contributed by atoms with E-state index in [1.54, 1.807) is 12.3 Å². The Labute approximate surface area is 280 Å². The molecule has 1 saturated heterocycles. The molecule has 5 fully saturated rings. The number of aromatic nitrogens is 2. The van der Waals surface area contributed by atoms with E-state index in [0.29, 0.717) is 36.6 Å².